The van der Waals surface area contributed by atoms with Gasteiger partial charge in [-0.3, -0.25) is 4.79 Å². The van der Waals surface area contributed by atoms with Crippen LogP contribution >= 0.6 is 27.3 Å². The molecule has 0 atom stereocenters. The maximum atomic E-state index is 11.5. The Balaban J connectivity index is 2.16. The van der Waals surface area contributed by atoms with Crippen LogP contribution < -0.4 is 4.74 Å². The highest BCUT2D eigenvalue weighted by Gasteiger charge is 2.10. The second-order valence-corrected chi connectivity index (χ2v) is 6.07. The van der Waals surface area contributed by atoms with Crippen LogP contribution in [0.15, 0.2) is 28.9 Å². The molecule has 0 amide bonds. The van der Waals surface area contributed by atoms with E-state index in [0.717, 1.165) is 14.4 Å². The predicted molar refractivity (Wildman–Crippen MR) is 75.3 cm³/mol. The minimum Gasteiger partial charge on any atom is -0.487 e. The van der Waals surface area contributed by atoms with Gasteiger partial charge in [-0.1, -0.05) is 15.9 Å². The fourth-order valence-electron chi connectivity index (χ4n) is 1.52. The summed E-state index contributed by atoms with van der Waals surface area (Å²) in [5.41, 5.74) is 0.589. The van der Waals surface area contributed by atoms with E-state index < -0.39 is 0 Å². The number of carbonyl (C=O) groups is 1. The number of ether oxygens (including phenoxy) is 1. The van der Waals surface area contributed by atoms with Gasteiger partial charge >= 0.3 is 0 Å². The number of carbonyl (C=O) groups excluding carboxylic acids is 1. The molecule has 0 saturated heterocycles. The van der Waals surface area contributed by atoms with Gasteiger partial charge in [0.1, 0.15) is 12.4 Å². The fourth-order valence-corrected chi connectivity index (χ4v) is 2.59. The molecule has 0 unspecified atom stereocenters. The van der Waals surface area contributed by atoms with Gasteiger partial charge in [-0.05, 0) is 32.0 Å². The van der Waals surface area contributed by atoms with E-state index in [-0.39, 0.29) is 5.78 Å². The summed E-state index contributed by atoms with van der Waals surface area (Å²) in [5.74, 6) is 0.600. The number of aromatic nitrogens is 1. The molecule has 1 aromatic carbocycles. The van der Waals surface area contributed by atoms with Crippen LogP contribution in [0.5, 0.6) is 5.75 Å². The minimum absolute atomic E-state index is 0.00761. The van der Waals surface area contributed by atoms with Crippen LogP contribution in [0.25, 0.3) is 0 Å². The summed E-state index contributed by atoms with van der Waals surface area (Å²) in [5, 5.41) is 1.01. The van der Waals surface area contributed by atoms with Crippen molar-refractivity contribution in [3.8, 4) is 5.75 Å². The normalized spacial score (nSPS) is 10.4. The first-order chi connectivity index (χ1) is 8.56. The molecule has 0 radical (unpaired) electrons. The smallest absolute Gasteiger partial charge is 0.163 e. The first-order valence-corrected chi connectivity index (χ1v) is 7.02. The third-order valence-electron chi connectivity index (χ3n) is 2.36. The molecular weight excluding hydrogens is 314 g/mol. The van der Waals surface area contributed by atoms with E-state index >= 15 is 0 Å². The van der Waals surface area contributed by atoms with Crippen molar-refractivity contribution in [3.63, 3.8) is 0 Å². The molecule has 0 fully saturated rings. The van der Waals surface area contributed by atoms with Gasteiger partial charge in [0.15, 0.2) is 5.78 Å². The Labute approximate surface area is 118 Å². The minimum atomic E-state index is -0.00761. The first-order valence-electron chi connectivity index (χ1n) is 5.41. The number of thiazole rings is 1. The maximum Gasteiger partial charge on any atom is 0.163 e. The molecule has 5 heteroatoms. The SMILES string of the molecule is CC(=O)c1cc(Br)ccc1OCc1cnc(C)s1. The number of hydrogen-bond acceptors (Lipinski definition) is 4. The lowest BCUT2D eigenvalue weighted by Gasteiger charge is -2.09. The summed E-state index contributed by atoms with van der Waals surface area (Å²) in [6.45, 7) is 3.92. The lowest BCUT2D eigenvalue weighted by Crippen LogP contribution is -2.00. The van der Waals surface area contributed by atoms with E-state index in [1.165, 1.54) is 6.92 Å². The molecule has 0 N–H and O–H groups in total. The molecule has 2 aromatic rings. The Hall–Kier alpha value is -1.20. The van der Waals surface area contributed by atoms with E-state index in [0.29, 0.717) is 17.9 Å². The molecule has 18 heavy (non-hydrogen) atoms. The van der Waals surface area contributed by atoms with Crippen molar-refractivity contribution in [2.75, 3.05) is 0 Å². The summed E-state index contributed by atoms with van der Waals surface area (Å²) in [7, 11) is 0. The number of hydrogen-bond donors (Lipinski definition) is 0. The molecular formula is C13H12BrNO2S. The third-order valence-corrected chi connectivity index (χ3v) is 3.74. The van der Waals surface area contributed by atoms with E-state index in [2.05, 4.69) is 20.9 Å². The molecule has 0 saturated carbocycles. The fraction of sp³-hybridized carbons (Fsp3) is 0.231. The molecule has 2 rings (SSSR count). The number of benzene rings is 1. The summed E-state index contributed by atoms with van der Waals surface area (Å²) in [6.07, 6.45) is 1.80. The molecule has 3 nitrogen and oxygen atoms in total. The average Bonchev–Trinajstić information content (AvgIpc) is 2.73. The lowest BCUT2D eigenvalue weighted by atomic mass is 10.1. The van der Waals surface area contributed by atoms with Gasteiger partial charge in [0.2, 0.25) is 0 Å². The zero-order chi connectivity index (χ0) is 13.1. The van der Waals surface area contributed by atoms with E-state index in [1.807, 2.05) is 13.0 Å². The Morgan fingerprint density at radius 1 is 1.50 bits per heavy atom. The third kappa shape index (κ3) is 3.17. The molecule has 0 aliphatic heterocycles. The molecule has 0 bridgehead atoms. The van der Waals surface area contributed by atoms with Crippen LogP contribution in [-0.2, 0) is 6.61 Å². The van der Waals surface area contributed by atoms with Crippen LogP contribution in [0.1, 0.15) is 27.2 Å². The van der Waals surface area contributed by atoms with Gasteiger partial charge in [-0.15, -0.1) is 11.3 Å². The predicted octanol–water partition coefficient (Wildman–Crippen LogP) is 4.00. The Kier molecular flexibility index (Phi) is 4.14. The zero-order valence-electron chi connectivity index (χ0n) is 10.1. The number of aryl methyl sites for hydroxylation is 1. The molecule has 1 heterocycles. The number of Topliss-reactive ketones (excluding diaryl/α,β-unsaturated/α-hetero) is 1. The van der Waals surface area contributed by atoms with Crippen molar-refractivity contribution in [3.05, 3.63) is 44.3 Å². The van der Waals surface area contributed by atoms with Crippen molar-refractivity contribution < 1.29 is 9.53 Å². The summed E-state index contributed by atoms with van der Waals surface area (Å²) in [6, 6.07) is 5.43. The van der Waals surface area contributed by atoms with Crippen LogP contribution in [-0.4, -0.2) is 10.8 Å². The molecule has 94 valence electrons. The zero-order valence-corrected chi connectivity index (χ0v) is 12.5. The molecule has 0 aliphatic rings. The van der Waals surface area contributed by atoms with Crippen LogP contribution in [0.2, 0.25) is 0 Å². The second-order valence-electron chi connectivity index (χ2n) is 3.83. The van der Waals surface area contributed by atoms with E-state index in [4.69, 9.17) is 4.74 Å². The monoisotopic (exact) mass is 325 g/mol. The Bertz CT molecular complexity index is 580. The van der Waals surface area contributed by atoms with Gasteiger partial charge in [0, 0.05) is 10.7 Å². The largest absolute Gasteiger partial charge is 0.487 e. The van der Waals surface area contributed by atoms with E-state index in [1.54, 1.807) is 29.7 Å². The highest BCUT2D eigenvalue weighted by molar-refractivity contribution is 9.10. The van der Waals surface area contributed by atoms with Crippen molar-refractivity contribution in [1.29, 1.82) is 0 Å². The van der Waals surface area contributed by atoms with Crippen molar-refractivity contribution in [1.82, 2.24) is 4.98 Å². The molecule has 0 spiro atoms. The van der Waals surface area contributed by atoms with Crippen LogP contribution in [0.3, 0.4) is 0 Å². The summed E-state index contributed by atoms with van der Waals surface area (Å²) in [4.78, 5) is 16.7. The van der Waals surface area contributed by atoms with Crippen LogP contribution in [0.4, 0.5) is 0 Å². The van der Waals surface area contributed by atoms with Crippen LogP contribution in [0, 0.1) is 6.92 Å². The van der Waals surface area contributed by atoms with Gasteiger partial charge < -0.3 is 4.74 Å². The Morgan fingerprint density at radius 3 is 2.89 bits per heavy atom. The number of rotatable bonds is 4. The van der Waals surface area contributed by atoms with E-state index in [9.17, 15) is 4.79 Å². The summed E-state index contributed by atoms with van der Waals surface area (Å²) >= 11 is 4.94. The van der Waals surface area contributed by atoms with Crippen molar-refractivity contribution in [2.45, 2.75) is 20.5 Å². The van der Waals surface area contributed by atoms with Crippen molar-refractivity contribution in [2.24, 2.45) is 0 Å². The molecule has 0 aliphatic carbocycles. The standard InChI is InChI=1S/C13H12BrNO2S/c1-8(16)12-5-10(14)3-4-13(12)17-7-11-6-15-9(2)18-11/h3-6H,7H2,1-2H3. The van der Waals surface area contributed by atoms with Gasteiger partial charge in [0.25, 0.3) is 0 Å². The molecule has 1 aromatic heterocycles. The van der Waals surface area contributed by atoms with Gasteiger partial charge in [-0.2, -0.15) is 0 Å². The highest BCUT2D eigenvalue weighted by Crippen LogP contribution is 2.25. The number of halogens is 1. The average molecular weight is 326 g/mol. The number of ketones is 1. The second kappa shape index (κ2) is 5.63. The Morgan fingerprint density at radius 2 is 2.28 bits per heavy atom. The maximum absolute atomic E-state index is 11.5. The summed E-state index contributed by atoms with van der Waals surface area (Å²) < 4.78 is 6.55. The van der Waals surface area contributed by atoms with Gasteiger partial charge in [-0.25, -0.2) is 4.98 Å². The highest BCUT2D eigenvalue weighted by atomic mass is 79.9. The van der Waals surface area contributed by atoms with Crippen molar-refractivity contribution >= 4 is 33.0 Å². The quantitative estimate of drug-likeness (QED) is 0.798. The topological polar surface area (TPSA) is 39.2 Å². The number of nitrogens with zero attached hydrogens (tertiary/aromatic N) is 1. The van der Waals surface area contributed by atoms with Gasteiger partial charge in [0.05, 0.1) is 15.4 Å². The first kappa shape index (κ1) is 13.2. The lowest BCUT2D eigenvalue weighted by molar-refractivity contribution is 0.101.